The zero-order valence-electron chi connectivity index (χ0n) is 7.62. The molecule has 7 heteroatoms. The van der Waals surface area contributed by atoms with Crippen LogP contribution in [0.2, 0.25) is 0 Å². The van der Waals surface area contributed by atoms with Crippen LogP contribution < -0.4 is 5.73 Å². The van der Waals surface area contributed by atoms with Gasteiger partial charge in [-0.1, -0.05) is 18.2 Å². The van der Waals surface area contributed by atoms with Gasteiger partial charge in [0.15, 0.2) is 9.84 Å². The van der Waals surface area contributed by atoms with E-state index in [1.54, 1.807) is 18.2 Å². The molecule has 1 amide bonds. The predicted molar refractivity (Wildman–Crippen MR) is 62.2 cm³/mol. The number of halogens is 2. The number of hydrogen-bond acceptors (Lipinski definition) is 3. The Bertz CT molecular complexity index is 405. The molecule has 0 unspecified atom stereocenters. The fourth-order valence-corrected chi connectivity index (χ4v) is 2.01. The van der Waals surface area contributed by atoms with Crippen molar-refractivity contribution in [3.05, 3.63) is 30.3 Å². The summed E-state index contributed by atoms with van der Waals surface area (Å²) in [7, 11) is -3.53. The van der Waals surface area contributed by atoms with Gasteiger partial charge in [-0.2, -0.15) is 0 Å². The monoisotopic (exact) mass is 271 g/mol. The summed E-state index contributed by atoms with van der Waals surface area (Å²) < 4.78 is 22.7. The fraction of sp³-hybridized carbons (Fsp3) is 0.125. The fourth-order valence-electron chi connectivity index (χ4n) is 0.898. The number of carbonyl (C=O) groups excluding carboxylic acids is 1. The Morgan fingerprint density at radius 1 is 1.13 bits per heavy atom. The second-order valence-electron chi connectivity index (χ2n) is 2.54. The van der Waals surface area contributed by atoms with Crippen LogP contribution in [0.25, 0.3) is 0 Å². The molecule has 0 spiro atoms. The van der Waals surface area contributed by atoms with Gasteiger partial charge in [-0.25, -0.2) is 8.42 Å². The van der Waals surface area contributed by atoms with Crippen LogP contribution in [-0.2, 0) is 14.6 Å². The first-order chi connectivity index (χ1) is 6.02. The van der Waals surface area contributed by atoms with Gasteiger partial charge >= 0.3 is 0 Å². The van der Waals surface area contributed by atoms with Crippen LogP contribution in [0.4, 0.5) is 0 Å². The number of benzene rings is 1. The number of hydrogen-bond donors (Lipinski definition) is 1. The summed E-state index contributed by atoms with van der Waals surface area (Å²) >= 11 is 0. The summed E-state index contributed by atoms with van der Waals surface area (Å²) in [6.07, 6.45) is 0. The molecule has 1 rings (SSSR count). The summed E-state index contributed by atoms with van der Waals surface area (Å²) in [5, 5.41) is 0. The lowest BCUT2D eigenvalue weighted by molar-refractivity contribution is -0.115. The van der Waals surface area contributed by atoms with Crippen LogP contribution >= 0.6 is 24.8 Å². The molecule has 0 aliphatic rings. The zero-order valence-corrected chi connectivity index (χ0v) is 10.1. The van der Waals surface area contributed by atoms with E-state index in [9.17, 15) is 13.2 Å². The van der Waals surface area contributed by atoms with Crippen molar-refractivity contribution in [3.63, 3.8) is 0 Å². The lowest BCUT2D eigenvalue weighted by Gasteiger charge is -1.99. The third kappa shape index (κ3) is 5.01. The maximum Gasteiger partial charge on any atom is 0.233 e. The Labute approximate surface area is 101 Å². The molecule has 1 aromatic carbocycles. The maximum atomic E-state index is 11.3. The predicted octanol–water partition coefficient (Wildman–Crippen LogP) is 0.789. The number of amides is 1. The highest BCUT2D eigenvalue weighted by atomic mass is 35.5. The molecule has 0 fully saturated rings. The average molecular weight is 272 g/mol. The SMILES string of the molecule is Cl.Cl.NC(=O)CS(=O)(=O)c1ccccc1. The summed E-state index contributed by atoms with van der Waals surface area (Å²) in [6.45, 7) is 0. The molecule has 0 saturated carbocycles. The normalized spacial score (nSPS) is 9.60. The highest BCUT2D eigenvalue weighted by Gasteiger charge is 2.16. The van der Waals surface area contributed by atoms with Crippen LogP contribution in [0.3, 0.4) is 0 Å². The standard InChI is InChI=1S/C8H9NO3S.2ClH/c9-8(10)6-13(11,12)7-4-2-1-3-5-7;;/h1-5H,6H2,(H2,9,10);2*1H. The Morgan fingerprint density at radius 3 is 2.00 bits per heavy atom. The van der Waals surface area contributed by atoms with E-state index < -0.39 is 21.5 Å². The number of nitrogens with two attached hydrogens (primary N) is 1. The summed E-state index contributed by atoms with van der Waals surface area (Å²) in [5.41, 5.74) is 4.80. The van der Waals surface area contributed by atoms with E-state index in [0.717, 1.165) is 0 Å². The highest BCUT2D eigenvalue weighted by molar-refractivity contribution is 7.92. The molecular weight excluding hydrogens is 261 g/mol. The van der Waals surface area contributed by atoms with Crippen molar-refractivity contribution in [1.29, 1.82) is 0 Å². The molecule has 0 atom stereocenters. The second kappa shape index (κ2) is 6.66. The van der Waals surface area contributed by atoms with Crippen LogP contribution in [0.5, 0.6) is 0 Å². The molecule has 2 N–H and O–H groups in total. The van der Waals surface area contributed by atoms with E-state index in [2.05, 4.69) is 0 Å². The van der Waals surface area contributed by atoms with Crippen molar-refractivity contribution in [1.82, 2.24) is 0 Å². The van der Waals surface area contributed by atoms with E-state index in [-0.39, 0.29) is 29.7 Å². The number of sulfone groups is 1. The first-order valence-corrected chi connectivity index (χ1v) is 5.24. The minimum absolute atomic E-state index is 0. The first kappa shape index (κ1) is 16.6. The van der Waals surface area contributed by atoms with Gasteiger partial charge in [0.2, 0.25) is 5.91 Å². The lowest BCUT2D eigenvalue weighted by Crippen LogP contribution is -2.23. The van der Waals surface area contributed by atoms with E-state index >= 15 is 0 Å². The zero-order chi connectivity index (χ0) is 9.90. The van der Waals surface area contributed by atoms with E-state index in [1.807, 2.05) is 0 Å². The molecule has 0 aromatic heterocycles. The van der Waals surface area contributed by atoms with Gasteiger partial charge in [0.25, 0.3) is 0 Å². The Hall–Kier alpha value is -0.780. The van der Waals surface area contributed by atoms with E-state index in [4.69, 9.17) is 5.73 Å². The van der Waals surface area contributed by atoms with Gasteiger partial charge < -0.3 is 5.73 Å². The number of rotatable bonds is 3. The third-order valence-corrected chi connectivity index (χ3v) is 3.09. The Kier molecular flexibility index (Phi) is 7.39. The molecule has 1 aromatic rings. The molecule has 0 aliphatic heterocycles. The maximum absolute atomic E-state index is 11.3. The van der Waals surface area contributed by atoms with Crippen molar-refractivity contribution in [2.24, 2.45) is 5.73 Å². The van der Waals surface area contributed by atoms with Gasteiger partial charge in [0, 0.05) is 0 Å². The van der Waals surface area contributed by atoms with Crippen molar-refractivity contribution in [2.45, 2.75) is 4.90 Å². The molecule has 0 heterocycles. The lowest BCUT2D eigenvalue weighted by atomic mass is 10.4. The van der Waals surface area contributed by atoms with Gasteiger partial charge in [-0.15, -0.1) is 24.8 Å². The van der Waals surface area contributed by atoms with E-state index in [0.29, 0.717) is 0 Å². The molecule has 0 radical (unpaired) electrons. The van der Waals surface area contributed by atoms with Crippen molar-refractivity contribution >= 4 is 40.6 Å². The van der Waals surface area contributed by atoms with Gasteiger partial charge in [0.1, 0.15) is 5.75 Å². The van der Waals surface area contributed by atoms with Gasteiger partial charge in [-0.05, 0) is 12.1 Å². The molecule has 0 saturated heterocycles. The molecule has 86 valence electrons. The second-order valence-corrected chi connectivity index (χ2v) is 4.53. The molecule has 0 bridgehead atoms. The van der Waals surface area contributed by atoms with Crippen LogP contribution in [0.1, 0.15) is 0 Å². The average Bonchev–Trinajstić information content (AvgIpc) is 2.04. The van der Waals surface area contributed by atoms with Gasteiger partial charge in [-0.3, -0.25) is 4.79 Å². The summed E-state index contributed by atoms with van der Waals surface area (Å²) in [5.74, 6) is -1.49. The van der Waals surface area contributed by atoms with Crippen molar-refractivity contribution < 1.29 is 13.2 Å². The Balaban J connectivity index is 0. The molecule has 0 aliphatic carbocycles. The summed E-state index contributed by atoms with van der Waals surface area (Å²) in [4.78, 5) is 10.6. The first-order valence-electron chi connectivity index (χ1n) is 3.58. The third-order valence-electron chi connectivity index (χ3n) is 1.43. The molecule has 4 nitrogen and oxygen atoms in total. The van der Waals surface area contributed by atoms with E-state index in [1.165, 1.54) is 12.1 Å². The quantitative estimate of drug-likeness (QED) is 0.883. The number of carbonyl (C=O) groups is 1. The molecule has 15 heavy (non-hydrogen) atoms. The highest BCUT2D eigenvalue weighted by Crippen LogP contribution is 2.08. The van der Waals surface area contributed by atoms with Crippen molar-refractivity contribution in [2.75, 3.05) is 5.75 Å². The molecular formula is C8H11Cl2NO3S. The van der Waals surface area contributed by atoms with Crippen LogP contribution in [0.15, 0.2) is 35.2 Å². The van der Waals surface area contributed by atoms with Crippen molar-refractivity contribution in [3.8, 4) is 0 Å². The smallest absolute Gasteiger partial charge is 0.233 e. The van der Waals surface area contributed by atoms with Crippen LogP contribution in [0, 0.1) is 0 Å². The Morgan fingerprint density at radius 2 is 1.60 bits per heavy atom. The minimum atomic E-state index is -3.53. The van der Waals surface area contributed by atoms with Crippen LogP contribution in [-0.4, -0.2) is 20.1 Å². The topological polar surface area (TPSA) is 77.2 Å². The van der Waals surface area contributed by atoms with Gasteiger partial charge in [0.05, 0.1) is 4.90 Å². The minimum Gasteiger partial charge on any atom is -0.369 e. The summed E-state index contributed by atoms with van der Waals surface area (Å²) in [6, 6.07) is 7.74. The number of primary amides is 1. The largest absolute Gasteiger partial charge is 0.369 e.